The van der Waals surface area contributed by atoms with Gasteiger partial charge < -0.3 is 9.47 Å². The highest BCUT2D eigenvalue weighted by Gasteiger charge is 2.29. The lowest BCUT2D eigenvalue weighted by Gasteiger charge is -2.09. The molecule has 1 aromatic heterocycles. The number of methoxy groups -OCH3 is 2. The van der Waals surface area contributed by atoms with Gasteiger partial charge in [-0.2, -0.15) is 0 Å². The van der Waals surface area contributed by atoms with Gasteiger partial charge in [-0.25, -0.2) is 9.89 Å². The molecule has 1 aromatic carbocycles. The quantitative estimate of drug-likeness (QED) is 0.614. The van der Waals surface area contributed by atoms with Crippen LogP contribution in [0, 0.1) is 0 Å². The third-order valence-electron chi connectivity index (χ3n) is 3.63. The van der Waals surface area contributed by atoms with Crippen LogP contribution in [-0.2, 0) is 0 Å². The zero-order chi connectivity index (χ0) is 16.4. The largest absolute Gasteiger partial charge is 0.497 e. The number of carbonyl (C=O) groups excluding carboxylic acids is 1. The van der Waals surface area contributed by atoms with E-state index in [2.05, 4.69) is 10.2 Å². The summed E-state index contributed by atoms with van der Waals surface area (Å²) >= 11 is 1.25. The van der Waals surface area contributed by atoms with Gasteiger partial charge in [0.1, 0.15) is 11.5 Å². The predicted octanol–water partition coefficient (Wildman–Crippen LogP) is 1.90. The molecule has 23 heavy (non-hydrogen) atoms. The lowest BCUT2D eigenvalue weighted by atomic mass is 10.1. The van der Waals surface area contributed by atoms with Crippen molar-refractivity contribution in [2.45, 2.75) is 24.0 Å². The van der Waals surface area contributed by atoms with Gasteiger partial charge in [0.2, 0.25) is 0 Å². The zero-order valence-electron chi connectivity index (χ0n) is 12.9. The molecular formula is C15H17N3O4S. The molecule has 0 bridgehead atoms. The molecule has 0 saturated heterocycles. The molecule has 1 N–H and O–H groups in total. The van der Waals surface area contributed by atoms with Gasteiger partial charge in [-0.3, -0.25) is 9.36 Å². The average molecular weight is 335 g/mol. The van der Waals surface area contributed by atoms with Crippen LogP contribution in [0.25, 0.3) is 0 Å². The van der Waals surface area contributed by atoms with Crippen LogP contribution in [0.15, 0.2) is 28.2 Å². The Labute approximate surface area is 137 Å². The zero-order valence-corrected chi connectivity index (χ0v) is 13.7. The molecule has 0 amide bonds. The number of aromatic nitrogens is 3. The van der Waals surface area contributed by atoms with E-state index in [-0.39, 0.29) is 23.3 Å². The smallest absolute Gasteiger partial charge is 0.344 e. The number of hydrogen-bond donors (Lipinski definition) is 1. The van der Waals surface area contributed by atoms with Crippen LogP contribution in [0.2, 0.25) is 0 Å². The van der Waals surface area contributed by atoms with E-state index in [4.69, 9.17) is 9.47 Å². The molecule has 0 unspecified atom stereocenters. The lowest BCUT2D eigenvalue weighted by molar-refractivity contribution is 0.101. The number of rotatable bonds is 7. The topological polar surface area (TPSA) is 86.2 Å². The maximum Gasteiger partial charge on any atom is 0.344 e. The van der Waals surface area contributed by atoms with Crippen molar-refractivity contribution in [3.05, 3.63) is 34.2 Å². The van der Waals surface area contributed by atoms with E-state index < -0.39 is 0 Å². The molecule has 1 fully saturated rings. The highest BCUT2D eigenvalue weighted by Crippen LogP contribution is 2.36. The SMILES string of the molecule is COc1ccc(C(=O)CSc2n[nH]c(=O)n2C2CC2)c(OC)c1. The first kappa shape index (κ1) is 15.7. The van der Waals surface area contributed by atoms with Crippen LogP contribution in [0.1, 0.15) is 29.2 Å². The maximum atomic E-state index is 12.4. The number of benzene rings is 1. The van der Waals surface area contributed by atoms with Gasteiger partial charge in [-0.05, 0) is 25.0 Å². The molecule has 122 valence electrons. The summed E-state index contributed by atoms with van der Waals surface area (Å²) in [6, 6.07) is 5.29. The standard InChI is InChI=1S/C15H17N3O4S/c1-21-10-5-6-11(13(7-10)22-2)12(19)8-23-15-17-16-14(20)18(15)9-3-4-9/h5-7,9H,3-4,8H2,1-2H3,(H,16,20). The van der Waals surface area contributed by atoms with Crippen LogP contribution >= 0.6 is 11.8 Å². The van der Waals surface area contributed by atoms with Gasteiger partial charge in [0.15, 0.2) is 10.9 Å². The highest BCUT2D eigenvalue weighted by molar-refractivity contribution is 7.99. The van der Waals surface area contributed by atoms with Crippen molar-refractivity contribution in [3.8, 4) is 11.5 Å². The number of carbonyl (C=O) groups is 1. The normalized spacial score (nSPS) is 13.8. The van der Waals surface area contributed by atoms with Crippen molar-refractivity contribution in [2.75, 3.05) is 20.0 Å². The van der Waals surface area contributed by atoms with Crippen molar-refractivity contribution >= 4 is 17.5 Å². The average Bonchev–Trinajstić information content (AvgIpc) is 3.34. The molecular weight excluding hydrogens is 318 g/mol. The van der Waals surface area contributed by atoms with E-state index in [1.165, 1.54) is 18.9 Å². The third-order valence-corrected chi connectivity index (χ3v) is 4.58. The molecule has 1 saturated carbocycles. The Morgan fingerprint density at radius 1 is 1.39 bits per heavy atom. The third kappa shape index (κ3) is 3.26. The van der Waals surface area contributed by atoms with E-state index in [0.29, 0.717) is 22.2 Å². The van der Waals surface area contributed by atoms with Crippen LogP contribution in [0.5, 0.6) is 11.5 Å². The second-order valence-corrected chi connectivity index (χ2v) is 6.13. The minimum absolute atomic E-state index is 0.0905. The monoisotopic (exact) mass is 335 g/mol. The summed E-state index contributed by atoms with van der Waals surface area (Å²) in [6.45, 7) is 0. The van der Waals surface area contributed by atoms with Gasteiger partial charge in [0, 0.05) is 12.1 Å². The number of ketones is 1. The molecule has 8 heteroatoms. The van der Waals surface area contributed by atoms with Crippen LogP contribution < -0.4 is 15.2 Å². The molecule has 1 heterocycles. The second kappa shape index (κ2) is 6.49. The molecule has 0 radical (unpaired) electrons. The van der Waals surface area contributed by atoms with Crippen molar-refractivity contribution in [1.29, 1.82) is 0 Å². The Morgan fingerprint density at radius 3 is 2.83 bits per heavy atom. The molecule has 0 spiro atoms. The first-order valence-corrected chi connectivity index (χ1v) is 8.17. The van der Waals surface area contributed by atoms with Crippen molar-refractivity contribution in [2.24, 2.45) is 0 Å². The van der Waals surface area contributed by atoms with Crippen molar-refractivity contribution in [3.63, 3.8) is 0 Å². The number of aromatic amines is 1. The Balaban J connectivity index is 1.74. The van der Waals surface area contributed by atoms with Crippen LogP contribution in [-0.4, -0.2) is 40.5 Å². The summed E-state index contributed by atoms with van der Waals surface area (Å²) in [5.41, 5.74) is 0.265. The maximum absolute atomic E-state index is 12.4. The Morgan fingerprint density at radius 2 is 2.17 bits per heavy atom. The summed E-state index contributed by atoms with van der Waals surface area (Å²) in [5.74, 6) is 1.18. The summed E-state index contributed by atoms with van der Waals surface area (Å²) < 4.78 is 12.0. The van der Waals surface area contributed by atoms with E-state index in [0.717, 1.165) is 12.8 Å². The molecule has 7 nitrogen and oxygen atoms in total. The number of ether oxygens (including phenoxy) is 2. The number of H-pyrrole nitrogens is 1. The molecule has 1 aliphatic carbocycles. The van der Waals surface area contributed by atoms with Crippen molar-refractivity contribution in [1.82, 2.24) is 14.8 Å². The minimum atomic E-state index is -0.218. The van der Waals surface area contributed by atoms with Crippen molar-refractivity contribution < 1.29 is 14.3 Å². The summed E-state index contributed by atoms with van der Waals surface area (Å²) in [7, 11) is 3.07. The first-order valence-electron chi connectivity index (χ1n) is 7.19. The summed E-state index contributed by atoms with van der Waals surface area (Å²) in [6.07, 6.45) is 1.96. The Kier molecular flexibility index (Phi) is 4.42. The number of Topliss-reactive ketones (excluding diaryl/α,β-unsaturated/α-hetero) is 1. The Bertz CT molecular complexity index is 779. The molecule has 0 atom stereocenters. The van der Waals surface area contributed by atoms with Gasteiger partial charge in [0.25, 0.3) is 0 Å². The minimum Gasteiger partial charge on any atom is -0.497 e. The van der Waals surface area contributed by atoms with E-state index in [1.807, 2.05) is 0 Å². The van der Waals surface area contributed by atoms with E-state index >= 15 is 0 Å². The molecule has 3 rings (SSSR count). The van der Waals surface area contributed by atoms with E-state index in [1.54, 1.807) is 29.9 Å². The Hall–Kier alpha value is -2.22. The number of nitrogens with zero attached hydrogens (tertiary/aromatic N) is 2. The van der Waals surface area contributed by atoms with Gasteiger partial charge in [-0.15, -0.1) is 5.10 Å². The first-order chi connectivity index (χ1) is 11.1. The predicted molar refractivity (Wildman–Crippen MR) is 85.7 cm³/mol. The second-order valence-electron chi connectivity index (χ2n) is 5.19. The van der Waals surface area contributed by atoms with Gasteiger partial charge in [-0.1, -0.05) is 11.8 Å². The van der Waals surface area contributed by atoms with Gasteiger partial charge >= 0.3 is 5.69 Å². The highest BCUT2D eigenvalue weighted by atomic mass is 32.2. The van der Waals surface area contributed by atoms with Crippen LogP contribution in [0.3, 0.4) is 0 Å². The fourth-order valence-corrected chi connectivity index (χ4v) is 3.18. The molecule has 1 aliphatic rings. The van der Waals surface area contributed by atoms with Crippen LogP contribution in [0.4, 0.5) is 0 Å². The summed E-state index contributed by atoms with van der Waals surface area (Å²) in [5, 5.41) is 7.00. The number of nitrogens with one attached hydrogen (secondary N) is 1. The fourth-order valence-electron chi connectivity index (χ4n) is 2.28. The van der Waals surface area contributed by atoms with Gasteiger partial charge in [0.05, 0.1) is 25.5 Å². The summed E-state index contributed by atoms with van der Waals surface area (Å²) in [4.78, 5) is 24.2. The molecule has 0 aliphatic heterocycles. The lowest BCUT2D eigenvalue weighted by Crippen LogP contribution is -2.16. The fraction of sp³-hybridized carbons (Fsp3) is 0.400. The molecule has 2 aromatic rings. The number of thioether (sulfide) groups is 1. The number of hydrogen-bond acceptors (Lipinski definition) is 6. The van der Waals surface area contributed by atoms with E-state index in [9.17, 15) is 9.59 Å².